The Hall–Kier alpha value is -3.81. The summed E-state index contributed by atoms with van der Waals surface area (Å²) in [5.74, 6) is -4.71. The Labute approximate surface area is 217 Å². The first-order chi connectivity index (χ1) is 18.0. The van der Waals surface area contributed by atoms with Gasteiger partial charge in [0.05, 0.1) is 16.5 Å². The molecular formula is C30H22F2NO3S-. The van der Waals surface area contributed by atoms with E-state index in [1.165, 1.54) is 53.1 Å². The number of benzene rings is 4. The smallest absolute Gasteiger partial charge is 0.179 e. The predicted molar refractivity (Wildman–Crippen MR) is 138 cm³/mol. The van der Waals surface area contributed by atoms with Crippen LogP contribution in [-0.2, 0) is 0 Å². The van der Waals surface area contributed by atoms with Crippen molar-refractivity contribution in [2.45, 2.75) is 16.9 Å². The Kier molecular flexibility index (Phi) is 7.17. The third kappa shape index (κ3) is 4.80. The molecule has 1 aliphatic rings. The molecule has 5 rings (SSSR count). The van der Waals surface area contributed by atoms with E-state index in [0.717, 1.165) is 17.7 Å². The van der Waals surface area contributed by atoms with Crippen LogP contribution in [0.5, 0.6) is 0 Å². The van der Waals surface area contributed by atoms with Crippen LogP contribution in [0.15, 0.2) is 109 Å². The quantitative estimate of drug-likeness (QED) is 0.236. The van der Waals surface area contributed by atoms with E-state index >= 15 is 0 Å². The van der Waals surface area contributed by atoms with E-state index in [9.17, 15) is 23.5 Å². The lowest BCUT2D eigenvalue weighted by molar-refractivity contribution is -0.417. The molecule has 3 atom stereocenters. The molecule has 0 amide bonds. The van der Waals surface area contributed by atoms with Crippen LogP contribution in [0.3, 0.4) is 0 Å². The Balaban J connectivity index is 1.67. The van der Waals surface area contributed by atoms with Crippen LogP contribution < -0.4 is 10.0 Å². The minimum absolute atomic E-state index is 0.281. The highest BCUT2D eigenvalue weighted by Gasteiger charge is 2.47. The van der Waals surface area contributed by atoms with Gasteiger partial charge in [-0.1, -0.05) is 72.8 Å². The molecule has 37 heavy (non-hydrogen) atoms. The van der Waals surface area contributed by atoms with E-state index in [1.807, 2.05) is 30.3 Å². The number of halogens is 2. The van der Waals surface area contributed by atoms with Gasteiger partial charge in [0, 0.05) is 10.9 Å². The molecule has 0 radical (unpaired) electrons. The van der Waals surface area contributed by atoms with E-state index in [1.54, 1.807) is 30.3 Å². The standard InChI is InChI=1S/C30H22F2NO3S/c31-23-17-9-7-15-21(23)26(34)25(27(35)22-16-8-10-18-24(22)32)30-33(20-13-5-2-6-14-20)29(36)28(37-30)19-11-3-1-4-12-19/h1-18,25,28-30H/q-1. The lowest BCUT2D eigenvalue weighted by Gasteiger charge is -2.39. The van der Waals surface area contributed by atoms with Gasteiger partial charge in [0.15, 0.2) is 11.6 Å². The van der Waals surface area contributed by atoms with E-state index in [-0.39, 0.29) is 11.1 Å². The molecule has 1 heterocycles. The monoisotopic (exact) mass is 514 g/mol. The molecule has 0 aromatic heterocycles. The maximum Gasteiger partial charge on any atom is 0.179 e. The summed E-state index contributed by atoms with van der Waals surface area (Å²) in [7, 11) is 0. The molecule has 1 saturated heterocycles. The molecule has 1 fully saturated rings. The maximum absolute atomic E-state index is 14.8. The van der Waals surface area contributed by atoms with Gasteiger partial charge in [-0.25, -0.2) is 8.78 Å². The minimum atomic E-state index is -1.54. The molecule has 186 valence electrons. The number of thioether (sulfide) groups is 1. The second-order valence-corrected chi connectivity index (χ2v) is 9.92. The maximum atomic E-state index is 14.8. The second-order valence-electron chi connectivity index (χ2n) is 8.66. The van der Waals surface area contributed by atoms with Crippen molar-refractivity contribution in [1.29, 1.82) is 0 Å². The highest BCUT2D eigenvalue weighted by molar-refractivity contribution is 8.00. The van der Waals surface area contributed by atoms with Crippen molar-refractivity contribution in [3.05, 3.63) is 138 Å². The normalized spacial score (nSPS) is 19.2. The number of carbonyl (C=O) groups excluding carboxylic acids is 2. The zero-order chi connectivity index (χ0) is 25.9. The number of hydrogen-bond acceptors (Lipinski definition) is 5. The lowest BCUT2D eigenvalue weighted by Crippen LogP contribution is -2.50. The average Bonchev–Trinajstić information content (AvgIpc) is 3.26. The molecule has 1 aliphatic heterocycles. The van der Waals surface area contributed by atoms with Gasteiger partial charge in [0.25, 0.3) is 0 Å². The van der Waals surface area contributed by atoms with Crippen molar-refractivity contribution in [2.24, 2.45) is 5.92 Å². The molecular weight excluding hydrogens is 492 g/mol. The lowest BCUT2D eigenvalue weighted by atomic mass is 9.88. The van der Waals surface area contributed by atoms with E-state index in [2.05, 4.69) is 0 Å². The molecule has 0 N–H and O–H groups in total. The van der Waals surface area contributed by atoms with Gasteiger partial charge < -0.3 is 10.0 Å². The van der Waals surface area contributed by atoms with Crippen LogP contribution in [0.25, 0.3) is 0 Å². The Bertz CT molecular complexity index is 1360. The summed E-state index contributed by atoms with van der Waals surface area (Å²) in [5, 5.41) is 12.3. The van der Waals surface area contributed by atoms with Crippen LogP contribution in [0, 0.1) is 17.6 Å². The first kappa shape index (κ1) is 24.9. The SMILES string of the molecule is O=C(c1ccccc1F)C(C(=O)c1ccccc1F)C1SC(c2ccccc2)C([O-])N1c1ccccc1. The number of carbonyl (C=O) groups is 2. The van der Waals surface area contributed by atoms with Crippen molar-refractivity contribution >= 4 is 29.0 Å². The number of Topliss-reactive ketones (excluding diaryl/α,β-unsaturated/α-hetero) is 2. The van der Waals surface area contributed by atoms with Crippen molar-refractivity contribution in [3.8, 4) is 0 Å². The number of nitrogens with zero attached hydrogens (tertiary/aromatic N) is 1. The Morgan fingerprint density at radius 2 is 1.16 bits per heavy atom. The Morgan fingerprint density at radius 3 is 1.68 bits per heavy atom. The van der Waals surface area contributed by atoms with Crippen LogP contribution in [-0.4, -0.2) is 23.2 Å². The molecule has 7 heteroatoms. The van der Waals surface area contributed by atoms with Crippen LogP contribution in [0.2, 0.25) is 0 Å². The summed E-state index contributed by atoms with van der Waals surface area (Å²) in [4.78, 5) is 29.3. The highest BCUT2D eigenvalue weighted by atomic mass is 32.2. The van der Waals surface area contributed by atoms with Gasteiger partial charge >= 0.3 is 0 Å². The molecule has 3 unspecified atom stereocenters. The summed E-state index contributed by atoms with van der Waals surface area (Å²) in [6, 6.07) is 28.6. The van der Waals surface area contributed by atoms with Gasteiger partial charge in [-0.05, 0) is 48.2 Å². The Morgan fingerprint density at radius 1 is 0.703 bits per heavy atom. The van der Waals surface area contributed by atoms with Crippen molar-refractivity contribution in [2.75, 3.05) is 4.90 Å². The third-order valence-electron chi connectivity index (χ3n) is 6.40. The molecule has 4 nitrogen and oxygen atoms in total. The highest BCUT2D eigenvalue weighted by Crippen LogP contribution is 2.49. The first-order valence-corrected chi connectivity index (χ1v) is 12.7. The van der Waals surface area contributed by atoms with E-state index in [0.29, 0.717) is 5.69 Å². The van der Waals surface area contributed by atoms with Crippen LogP contribution in [0.1, 0.15) is 31.5 Å². The molecule has 0 bridgehead atoms. The largest absolute Gasteiger partial charge is 0.835 e. The zero-order valence-electron chi connectivity index (χ0n) is 19.5. The molecule has 0 saturated carbocycles. The number of rotatable bonds is 7. The van der Waals surface area contributed by atoms with E-state index in [4.69, 9.17) is 0 Å². The molecule has 4 aromatic rings. The van der Waals surface area contributed by atoms with Gasteiger partial charge in [-0.15, -0.1) is 11.8 Å². The fourth-order valence-corrected chi connectivity index (χ4v) is 6.29. The number of hydrogen-bond donors (Lipinski definition) is 0. The summed E-state index contributed by atoms with van der Waals surface area (Å²) in [6.45, 7) is 0. The average molecular weight is 515 g/mol. The first-order valence-electron chi connectivity index (χ1n) is 11.7. The topological polar surface area (TPSA) is 60.4 Å². The molecule has 4 aromatic carbocycles. The van der Waals surface area contributed by atoms with Gasteiger partial charge in [-0.2, -0.15) is 0 Å². The summed E-state index contributed by atoms with van der Waals surface area (Å²) in [6.07, 6.45) is -1.36. The van der Waals surface area contributed by atoms with Gasteiger partial charge in [0.1, 0.15) is 17.6 Å². The van der Waals surface area contributed by atoms with E-state index < -0.39 is 46.0 Å². The summed E-state index contributed by atoms with van der Waals surface area (Å²) in [5.41, 5.74) is 0.699. The number of para-hydroxylation sites is 1. The van der Waals surface area contributed by atoms with Crippen LogP contribution in [0.4, 0.5) is 14.5 Å². The van der Waals surface area contributed by atoms with Crippen molar-refractivity contribution in [3.63, 3.8) is 0 Å². The van der Waals surface area contributed by atoms with Crippen molar-refractivity contribution in [1.82, 2.24) is 0 Å². The third-order valence-corrected chi connectivity index (χ3v) is 7.98. The van der Waals surface area contributed by atoms with Gasteiger partial charge in [0.2, 0.25) is 0 Å². The molecule has 0 spiro atoms. The summed E-state index contributed by atoms with van der Waals surface area (Å²) < 4.78 is 29.6. The van der Waals surface area contributed by atoms with Crippen molar-refractivity contribution < 1.29 is 23.5 Å². The second kappa shape index (κ2) is 10.7. The van der Waals surface area contributed by atoms with Crippen LogP contribution >= 0.6 is 11.8 Å². The van der Waals surface area contributed by atoms with Gasteiger partial charge in [-0.3, -0.25) is 9.59 Å². The number of anilines is 1. The predicted octanol–water partition coefficient (Wildman–Crippen LogP) is 5.65. The zero-order valence-corrected chi connectivity index (χ0v) is 20.4. The summed E-state index contributed by atoms with van der Waals surface area (Å²) >= 11 is 1.17. The molecule has 0 aliphatic carbocycles. The minimum Gasteiger partial charge on any atom is -0.835 e. The fourth-order valence-electron chi connectivity index (χ4n) is 4.63. The number of ketones is 2. The fraction of sp³-hybridized carbons (Fsp3) is 0.133.